The zero-order valence-electron chi connectivity index (χ0n) is 11.5. The van der Waals surface area contributed by atoms with Gasteiger partial charge in [-0.1, -0.05) is 12.8 Å². The molecule has 108 valence electrons. The van der Waals surface area contributed by atoms with Gasteiger partial charge in [0.1, 0.15) is 5.92 Å². The van der Waals surface area contributed by atoms with Gasteiger partial charge in [-0.25, -0.2) is 0 Å². The van der Waals surface area contributed by atoms with Crippen molar-refractivity contribution in [3.63, 3.8) is 0 Å². The Labute approximate surface area is 114 Å². The molecule has 1 saturated heterocycles. The van der Waals surface area contributed by atoms with Crippen LogP contribution in [0.4, 0.5) is 0 Å². The van der Waals surface area contributed by atoms with Gasteiger partial charge in [-0.15, -0.1) is 0 Å². The van der Waals surface area contributed by atoms with E-state index in [2.05, 4.69) is 5.32 Å². The molecule has 1 heterocycles. The van der Waals surface area contributed by atoms with E-state index in [-0.39, 0.29) is 17.9 Å². The van der Waals surface area contributed by atoms with Gasteiger partial charge in [0.05, 0.1) is 13.2 Å². The molecule has 0 aromatic heterocycles. The average Bonchev–Trinajstić information content (AvgIpc) is 3.09. The maximum absolute atomic E-state index is 12.2. The normalized spacial score (nSPS) is 25.2. The lowest BCUT2D eigenvalue weighted by atomic mass is 9.90. The van der Waals surface area contributed by atoms with Gasteiger partial charge in [0.2, 0.25) is 5.91 Å². The molecule has 1 N–H and O–H groups in total. The molecule has 1 amide bonds. The summed E-state index contributed by atoms with van der Waals surface area (Å²) in [5.41, 5.74) is 0. The summed E-state index contributed by atoms with van der Waals surface area (Å²) < 4.78 is 10.3. The third-order valence-electron chi connectivity index (χ3n) is 4.14. The van der Waals surface area contributed by atoms with Gasteiger partial charge in [0.15, 0.2) is 0 Å². The van der Waals surface area contributed by atoms with Gasteiger partial charge in [0, 0.05) is 13.2 Å². The quantitative estimate of drug-likeness (QED) is 0.603. The molecule has 5 nitrogen and oxygen atoms in total. The predicted octanol–water partition coefficient (Wildman–Crippen LogP) is 1.26. The fourth-order valence-electron chi connectivity index (χ4n) is 3.06. The van der Waals surface area contributed by atoms with Crippen LogP contribution in [0, 0.1) is 11.8 Å². The molecule has 0 radical (unpaired) electrons. The van der Waals surface area contributed by atoms with Crippen LogP contribution in [0.3, 0.4) is 0 Å². The van der Waals surface area contributed by atoms with Gasteiger partial charge in [0.25, 0.3) is 0 Å². The van der Waals surface area contributed by atoms with Crippen molar-refractivity contribution in [2.45, 2.75) is 44.6 Å². The minimum atomic E-state index is -0.645. The van der Waals surface area contributed by atoms with Gasteiger partial charge in [-0.3, -0.25) is 9.59 Å². The summed E-state index contributed by atoms with van der Waals surface area (Å²) in [6.45, 7) is 1.27. The SMILES string of the molecule is COC(=O)[C@@H](C(=O)NC[C@H]1CCCO1)C1CCCC1. The van der Waals surface area contributed by atoms with E-state index < -0.39 is 11.9 Å². The fourth-order valence-corrected chi connectivity index (χ4v) is 3.06. The van der Waals surface area contributed by atoms with E-state index in [9.17, 15) is 9.59 Å². The summed E-state index contributed by atoms with van der Waals surface area (Å²) in [7, 11) is 1.34. The molecule has 5 heteroatoms. The molecule has 2 atom stereocenters. The first-order valence-corrected chi connectivity index (χ1v) is 7.19. The van der Waals surface area contributed by atoms with Gasteiger partial charge in [-0.2, -0.15) is 0 Å². The van der Waals surface area contributed by atoms with Gasteiger partial charge >= 0.3 is 5.97 Å². The van der Waals surface area contributed by atoms with E-state index in [1.165, 1.54) is 7.11 Å². The Hall–Kier alpha value is -1.10. The molecule has 0 spiro atoms. The summed E-state index contributed by atoms with van der Waals surface area (Å²) in [5.74, 6) is -1.11. The number of carbonyl (C=O) groups excluding carboxylic acids is 2. The Morgan fingerprint density at radius 2 is 2.00 bits per heavy atom. The molecule has 0 aromatic carbocycles. The van der Waals surface area contributed by atoms with E-state index >= 15 is 0 Å². The van der Waals surface area contributed by atoms with E-state index in [1.807, 2.05) is 0 Å². The average molecular weight is 269 g/mol. The molecule has 2 aliphatic rings. The number of hydrogen-bond donors (Lipinski definition) is 1. The highest BCUT2D eigenvalue weighted by Gasteiger charge is 2.37. The molecule has 0 aromatic rings. The number of carbonyl (C=O) groups is 2. The molecule has 19 heavy (non-hydrogen) atoms. The standard InChI is InChI=1S/C14H23NO4/c1-18-14(17)12(10-5-2-3-6-10)13(16)15-9-11-7-4-8-19-11/h10-12H,2-9H2,1H3,(H,15,16)/t11-,12-/m1/s1. The van der Waals surface area contributed by atoms with Gasteiger partial charge in [-0.05, 0) is 31.6 Å². The van der Waals surface area contributed by atoms with Crippen molar-refractivity contribution in [2.24, 2.45) is 11.8 Å². The maximum Gasteiger partial charge on any atom is 0.318 e. The maximum atomic E-state index is 12.2. The third-order valence-corrected chi connectivity index (χ3v) is 4.14. The van der Waals surface area contributed by atoms with Crippen molar-refractivity contribution in [2.75, 3.05) is 20.3 Å². The second kappa shape index (κ2) is 6.89. The lowest BCUT2D eigenvalue weighted by molar-refractivity contribution is -0.152. The molecule has 1 aliphatic heterocycles. The monoisotopic (exact) mass is 269 g/mol. The molecule has 2 fully saturated rings. The summed E-state index contributed by atoms with van der Waals surface area (Å²) >= 11 is 0. The van der Waals surface area contributed by atoms with E-state index in [4.69, 9.17) is 9.47 Å². The molecule has 0 bridgehead atoms. The molecule has 1 aliphatic carbocycles. The van der Waals surface area contributed by atoms with Crippen LogP contribution < -0.4 is 5.32 Å². The van der Waals surface area contributed by atoms with Crippen molar-refractivity contribution < 1.29 is 19.1 Å². The first-order chi connectivity index (χ1) is 9.22. The van der Waals surface area contributed by atoms with Crippen molar-refractivity contribution in [1.82, 2.24) is 5.32 Å². The van der Waals surface area contributed by atoms with Crippen LogP contribution in [0.5, 0.6) is 0 Å². The number of hydrogen-bond acceptors (Lipinski definition) is 4. The van der Waals surface area contributed by atoms with Crippen molar-refractivity contribution in [1.29, 1.82) is 0 Å². The van der Waals surface area contributed by atoms with E-state index in [0.717, 1.165) is 45.1 Å². The minimum absolute atomic E-state index is 0.103. The van der Waals surface area contributed by atoms with Crippen LogP contribution in [0.1, 0.15) is 38.5 Å². The summed E-state index contributed by atoms with van der Waals surface area (Å²) in [5, 5.41) is 2.85. The Balaban J connectivity index is 1.88. The largest absolute Gasteiger partial charge is 0.468 e. The third kappa shape index (κ3) is 3.69. The van der Waals surface area contributed by atoms with Crippen LogP contribution in [0.2, 0.25) is 0 Å². The second-order valence-electron chi connectivity index (χ2n) is 5.43. The van der Waals surface area contributed by atoms with E-state index in [0.29, 0.717) is 6.54 Å². The first-order valence-electron chi connectivity index (χ1n) is 7.19. The number of esters is 1. The smallest absolute Gasteiger partial charge is 0.318 e. The van der Waals surface area contributed by atoms with E-state index in [1.54, 1.807) is 0 Å². The highest BCUT2D eigenvalue weighted by molar-refractivity contribution is 5.98. The number of ether oxygens (including phenoxy) is 2. The van der Waals surface area contributed by atoms with Crippen LogP contribution in [-0.2, 0) is 19.1 Å². The second-order valence-corrected chi connectivity index (χ2v) is 5.43. The zero-order valence-corrected chi connectivity index (χ0v) is 11.5. The van der Waals surface area contributed by atoms with Crippen LogP contribution in [0.25, 0.3) is 0 Å². The highest BCUT2D eigenvalue weighted by atomic mass is 16.5. The Morgan fingerprint density at radius 1 is 1.26 bits per heavy atom. The Bertz CT molecular complexity index is 319. The van der Waals surface area contributed by atoms with Crippen molar-refractivity contribution in [3.05, 3.63) is 0 Å². The van der Waals surface area contributed by atoms with Crippen molar-refractivity contribution in [3.8, 4) is 0 Å². The summed E-state index contributed by atoms with van der Waals surface area (Å²) in [4.78, 5) is 24.0. The van der Waals surface area contributed by atoms with Gasteiger partial charge < -0.3 is 14.8 Å². The first kappa shape index (κ1) is 14.3. The molecular weight excluding hydrogens is 246 g/mol. The molecule has 0 unspecified atom stereocenters. The molecule has 1 saturated carbocycles. The number of amides is 1. The molecule has 2 rings (SSSR count). The summed E-state index contributed by atoms with van der Waals surface area (Å²) in [6, 6.07) is 0. The molecular formula is C14H23NO4. The van der Waals surface area contributed by atoms with Crippen LogP contribution in [-0.4, -0.2) is 38.2 Å². The summed E-state index contributed by atoms with van der Waals surface area (Å²) in [6.07, 6.45) is 6.19. The van der Waals surface area contributed by atoms with Crippen LogP contribution >= 0.6 is 0 Å². The Kier molecular flexibility index (Phi) is 5.19. The van der Waals surface area contributed by atoms with Crippen LogP contribution in [0.15, 0.2) is 0 Å². The predicted molar refractivity (Wildman–Crippen MR) is 69.4 cm³/mol. The number of nitrogens with one attached hydrogen (secondary N) is 1. The number of methoxy groups -OCH3 is 1. The van der Waals surface area contributed by atoms with Crippen molar-refractivity contribution >= 4 is 11.9 Å². The lowest BCUT2D eigenvalue weighted by Gasteiger charge is -2.21. The highest BCUT2D eigenvalue weighted by Crippen LogP contribution is 2.32. The number of rotatable bonds is 5. The lowest BCUT2D eigenvalue weighted by Crippen LogP contribution is -2.42. The topological polar surface area (TPSA) is 64.6 Å². The Morgan fingerprint density at radius 3 is 2.58 bits per heavy atom. The zero-order chi connectivity index (χ0) is 13.7. The fraction of sp³-hybridized carbons (Fsp3) is 0.857. The minimum Gasteiger partial charge on any atom is -0.468 e.